The van der Waals surface area contributed by atoms with E-state index in [1.807, 2.05) is 6.20 Å². The first-order valence-corrected chi connectivity index (χ1v) is 9.64. The van der Waals surface area contributed by atoms with Gasteiger partial charge in [-0.05, 0) is 59.9 Å². The Balaban J connectivity index is 2.03. The summed E-state index contributed by atoms with van der Waals surface area (Å²) in [5.41, 5.74) is 3.50. The Morgan fingerprint density at radius 2 is 1.73 bits per heavy atom. The summed E-state index contributed by atoms with van der Waals surface area (Å²) in [7, 11) is 0. The largest absolute Gasteiger partial charge is 0.493 e. The number of pyridine rings is 1. The van der Waals surface area contributed by atoms with Gasteiger partial charge in [0.2, 0.25) is 0 Å². The van der Waals surface area contributed by atoms with Crippen LogP contribution >= 0.6 is 0 Å². The Bertz CT molecular complexity index is 831. The maximum Gasteiger partial charge on any atom is 0.120 e. The van der Waals surface area contributed by atoms with E-state index in [1.165, 1.54) is 22.8 Å². The van der Waals surface area contributed by atoms with Gasteiger partial charge in [0, 0.05) is 17.1 Å². The highest BCUT2D eigenvalue weighted by Crippen LogP contribution is 2.31. The van der Waals surface area contributed by atoms with Crippen LogP contribution < -0.4 is 4.74 Å². The second-order valence-corrected chi connectivity index (χ2v) is 7.88. The molecule has 2 nitrogen and oxygen atoms in total. The van der Waals surface area contributed by atoms with Gasteiger partial charge in [0.1, 0.15) is 5.75 Å². The lowest BCUT2D eigenvalue weighted by atomic mass is 9.98. The van der Waals surface area contributed by atoms with Gasteiger partial charge in [-0.25, -0.2) is 0 Å². The molecule has 0 fully saturated rings. The van der Waals surface area contributed by atoms with E-state index in [-0.39, 0.29) is 0 Å². The average molecular weight is 348 g/mol. The van der Waals surface area contributed by atoms with Crippen LogP contribution in [-0.4, -0.2) is 11.6 Å². The first-order chi connectivity index (χ1) is 12.5. The van der Waals surface area contributed by atoms with Gasteiger partial charge in [0.05, 0.1) is 12.3 Å². The van der Waals surface area contributed by atoms with Gasteiger partial charge in [-0.15, -0.1) is 0 Å². The van der Waals surface area contributed by atoms with Gasteiger partial charge in [-0.2, -0.15) is 0 Å². The van der Waals surface area contributed by atoms with Crippen LogP contribution in [-0.2, 0) is 6.42 Å². The minimum Gasteiger partial charge on any atom is -0.493 e. The third-order valence-electron chi connectivity index (χ3n) is 4.51. The van der Waals surface area contributed by atoms with Crippen molar-refractivity contribution in [1.29, 1.82) is 0 Å². The van der Waals surface area contributed by atoms with Crippen molar-refractivity contribution in [2.24, 2.45) is 11.8 Å². The number of nitrogens with zero attached hydrogens (tertiary/aromatic N) is 1. The molecule has 0 saturated heterocycles. The first-order valence-electron chi connectivity index (χ1n) is 9.64. The molecule has 26 heavy (non-hydrogen) atoms. The smallest absolute Gasteiger partial charge is 0.120 e. The fourth-order valence-electron chi connectivity index (χ4n) is 3.09. The van der Waals surface area contributed by atoms with Gasteiger partial charge in [-0.3, -0.25) is 4.98 Å². The summed E-state index contributed by atoms with van der Waals surface area (Å²) in [5, 5.41) is 2.40. The molecule has 0 unspecified atom stereocenters. The molecule has 3 rings (SSSR count). The fraction of sp³-hybridized carbons (Fsp3) is 0.375. The zero-order chi connectivity index (χ0) is 18.5. The summed E-state index contributed by atoms with van der Waals surface area (Å²) in [6.45, 7) is 9.63. The van der Waals surface area contributed by atoms with Crippen LogP contribution in [0.15, 0.2) is 54.7 Å². The minimum atomic E-state index is 0.508. The number of rotatable bonds is 7. The summed E-state index contributed by atoms with van der Waals surface area (Å²) in [5.74, 6) is 2.15. The first kappa shape index (κ1) is 18.4. The van der Waals surface area contributed by atoms with E-state index in [9.17, 15) is 0 Å². The molecule has 0 aliphatic carbocycles. The average Bonchev–Trinajstić information content (AvgIpc) is 2.64. The van der Waals surface area contributed by atoms with E-state index in [2.05, 4.69) is 76.2 Å². The predicted octanol–water partition coefficient (Wildman–Crippen LogP) is 6.53. The van der Waals surface area contributed by atoms with Crippen molar-refractivity contribution < 1.29 is 4.74 Å². The monoisotopic (exact) mass is 347 g/mol. The second-order valence-electron chi connectivity index (χ2n) is 7.88. The Labute approximate surface area is 157 Å². The SMILES string of the molecule is CC(C)CCc1cc(OCC(C)C)cc(-c2nccc3ccccc23)c1. The van der Waals surface area contributed by atoms with E-state index in [0.717, 1.165) is 30.0 Å². The van der Waals surface area contributed by atoms with Crippen molar-refractivity contribution in [3.8, 4) is 17.0 Å². The van der Waals surface area contributed by atoms with Crippen molar-refractivity contribution in [3.05, 3.63) is 60.3 Å². The van der Waals surface area contributed by atoms with Crippen molar-refractivity contribution >= 4 is 10.8 Å². The molecule has 2 heteroatoms. The maximum absolute atomic E-state index is 6.06. The lowest BCUT2D eigenvalue weighted by molar-refractivity contribution is 0.271. The summed E-state index contributed by atoms with van der Waals surface area (Å²) >= 11 is 0. The zero-order valence-electron chi connectivity index (χ0n) is 16.3. The fourth-order valence-corrected chi connectivity index (χ4v) is 3.09. The molecule has 0 aliphatic heterocycles. The van der Waals surface area contributed by atoms with E-state index in [1.54, 1.807) is 0 Å². The number of ether oxygens (including phenoxy) is 1. The van der Waals surface area contributed by atoms with E-state index >= 15 is 0 Å². The Morgan fingerprint density at radius 1 is 0.923 bits per heavy atom. The molecule has 1 heterocycles. The molecule has 0 amide bonds. The van der Waals surface area contributed by atoms with Gasteiger partial charge < -0.3 is 4.74 Å². The van der Waals surface area contributed by atoms with Crippen molar-refractivity contribution in [2.45, 2.75) is 40.5 Å². The normalized spacial score (nSPS) is 11.5. The van der Waals surface area contributed by atoms with Gasteiger partial charge in [0.25, 0.3) is 0 Å². The van der Waals surface area contributed by atoms with Gasteiger partial charge in [0.15, 0.2) is 0 Å². The van der Waals surface area contributed by atoms with Crippen LogP contribution in [0.25, 0.3) is 22.0 Å². The molecule has 0 atom stereocenters. The third-order valence-corrected chi connectivity index (χ3v) is 4.51. The molecular weight excluding hydrogens is 318 g/mol. The minimum absolute atomic E-state index is 0.508. The van der Waals surface area contributed by atoms with Crippen LogP contribution in [0.2, 0.25) is 0 Å². The topological polar surface area (TPSA) is 22.1 Å². The molecule has 0 N–H and O–H groups in total. The lowest BCUT2D eigenvalue weighted by Crippen LogP contribution is -2.05. The quantitative estimate of drug-likeness (QED) is 0.485. The summed E-state index contributed by atoms with van der Waals surface area (Å²) in [4.78, 5) is 4.69. The van der Waals surface area contributed by atoms with Crippen LogP contribution in [0.3, 0.4) is 0 Å². The molecule has 2 aromatic carbocycles. The van der Waals surface area contributed by atoms with E-state index < -0.39 is 0 Å². The molecule has 1 aromatic heterocycles. The highest BCUT2D eigenvalue weighted by molar-refractivity contribution is 5.94. The van der Waals surface area contributed by atoms with Crippen LogP contribution in [0.1, 0.15) is 39.7 Å². The van der Waals surface area contributed by atoms with Gasteiger partial charge in [-0.1, -0.05) is 52.0 Å². The number of fused-ring (bicyclic) bond motifs is 1. The van der Waals surface area contributed by atoms with E-state index in [0.29, 0.717) is 11.8 Å². The highest BCUT2D eigenvalue weighted by Gasteiger charge is 2.10. The molecule has 0 spiro atoms. The summed E-state index contributed by atoms with van der Waals surface area (Å²) in [6, 6.07) is 17.1. The lowest BCUT2D eigenvalue weighted by Gasteiger charge is -2.14. The second kappa shape index (κ2) is 8.35. The summed E-state index contributed by atoms with van der Waals surface area (Å²) < 4.78 is 6.06. The van der Waals surface area contributed by atoms with E-state index in [4.69, 9.17) is 9.72 Å². The Hall–Kier alpha value is -2.35. The van der Waals surface area contributed by atoms with Crippen molar-refractivity contribution in [3.63, 3.8) is 0 Å². The number of aromatic nitrogens is 1. The third kappa shape index (κ3) is 4.63. The molecule has 0 bridgehead atoms. The molecule has 0 saturated carbocycles. The Kier molecular flexibility index (Phi) is 5.92. The maximum atomic E-state index is 6.06. The predicted molar refractivity (Wildman–Crippen MR) is 111 cm³/mol. The molecule has 3 aromatic rings. The van der Waals surface area contributed by atoms with Crippen LogP contribution in [0.5, 0.6) is 5.75 Å². The van der Waals surface area contributed by atoms with Crippen molar-refractivity contribution in [1.82, 2.24) is 4.98 Å². The number of benzene rings is 2. The molecule has 0 radical (unpaired) electrons. The zero-order valence-corrected chi connectivity index (χ0v) is 16.3. The van der Waals surface area contributed by atoms with Crippen molar-refractivity contribution in [2.75, 3.05) is 6.61 Å². The standard InChI is InChI=1S/C24H29NO/c1-17(2)9-10-19-13-21(15-22(14-19)26-16-18(3)4)24-23-8-6-5-7-20(23)11-12-25-24/h5-8,11-15,17-18H,9-10,16H2,1-4H3. The molecular formula is C24H29NO. The van der Waals surface area contributed by atoms with Crippen LogP contribution in [0, 0.1) is 11.8 Å². The Morgan fingerprint density at radius 3 is 2.50 bits per heavy atom. The molecule has 0 aliphatic rings. The molecule has 136 valence electrons. The van der Waals surface area contributed by atoms with Crippen LogP contribution in [0.4, 0.5) is 0 Å². The highest BCUT2D eigenvalue weighted by atomic mass is 16.5. The number of hydrogen-bond donors (Lipinski definition) is 0. The number of hydrogen-bond acceptors (Lipinski definition) is 2. The summed E-state index contributed by atoms with van der Waals surface area (Å²) in [6.07, 6.45) is 4.14. The van der Waals surface area contributed by atoms with Gasteiger partial charge >= 0.3 is 0 Å². The number of aryl methyl sites for hydroxylation is 1.